The molecule has 1 amide bonds. The highest BCUT2D eigenvalue weighted by molar-refractivity contribution is 7.10. The minimum atomic E-state index is -0.979. The van der Waals surface area contributed by atoms with Gasteiger partial charge in [-0.05, 0) is 54.3 Å². The van der Waals surface area contributed by atoms with Crippen molar-refractivity contribution in [3.63, 3.8) is 0 Å². The van der Waals surface area contributed by atoms with Gasteiger partial charge in [0.25, 0.3) is 0 Å². The number of rotatable bonds is 7. The van der Waals surface area contributed by atoms with E-state index in [2.05, 4.69) is 10.7 Å². The first-order chi connectivity index (χ1) is 14.6. The summed E-state index contributed by atoms with van der Waals surface area (Å²) in [6.45, 7) is 0. The first kappa shape index (κ1) is 20.0. The lowest BCUT2D eigenvalue weighted by molar-refractivity contribution is -0.115. The second kappa shape index (κ2) is 9.05. The zero-order chi connectivity index (χ0) is 20.9. The number of aromatic carboxylic acids is 1. The number of hydrogen-bond acceptors (Lipinski definition) is 4. The Morgan fingerprint density at radius 1 is 1.13 bits per heavy atom. The van der Waals surface area contributed by atoms with Crippen LogP contribution in [0.4, 0.5) is 5.69 Å². The standard InChI is InChI=1S/C24H22N2O3S/c27-22(14-17-7-10-19(11-8-17)24(28)29)25-20-6-1-3-16(13-20)9-12-23-26-21(15-30-23)18-4-2-5-18/h1,3,6-13,15,18H,2,4-5,14H2,(H,25,27)(H,28,29)/b12-9+. The smallest absolute Gasteiger partial charge is 0.335 e. The summed E-state index contributed by atoms with van der Waals surface area (Å²) in [6.07, 6.45) is 8.00. The van der Waals surface area contributed by atoms with Crippen LogP contribution in [-0.4, -0.2) is 22.0 Å². The van der Waals surface area contributed by atoms with Crippen molar-refractivity contribution in [3.8, 4) is 0 Å². The number of nitrogens with one attached hydrogen (secondary N) is 1. The first-order valence-electron chi connectivity index (χ1n) is 9.92. The number of hydrogen-bond donors (Lipinski definition) is 2. The summed E-state index contributed by atoms with van der Waals surface area (Å²) in [4.78, 5) is 28.0. The summed E-state index contributed by atoms with van der Waals surface area (Å²) in [6, 6.07) is 14.0. The van der Waals surface area contributed by atoms with E-state index in [-0.39, 0.29) is 17.9 Å². The monoisotopic (exact) mass is 418 g/mol. The molecule has 0 saturated heterocycles. The highest BCUT2D eigenvalue weighted by atomic mass is 32.1. The van der Waals surface area contributed by atoms with Gasteiger partial charge in [0.1, 0.15) is 5.01 Å². The Kier molecular flexibility index (Phi) is 6.05. The number of nitrogens with zero attached hydrogens (tertiary/aromatic N) is 1. The molecule has 0 radical (unpaired) electrons. The lowest BCUT2D eigenvalue weighted by Crippen LogP contribution is -2.14. The number of benzene rings is 2. The Labute approximate surface area is 179 Å². The van der Waals surface area contributed by atoms with E-state index in [1.807, 2.05) is 36.4 Å². The average Bonchev–Trinajstić information content (AvgIpc) is 3.14. The van der Waals surface area contributed by atoms with E-state index in [0.29, 0.717) is 5.92 Å². The van der Waals surface area contributed by atoms with Crippen molar-refractivity contribution in [1.29, 1.82) is 0 Å². The summed E-state index contributed by atoms with van der Waals surface area (Å²) in [5, 5.41) is 15.0. The van der Waals surface area contributed by atoms with Gasteiger partial charge in [-0.2, -0.15) is 0 Å². The van der Waals surface area contributed by atoms with Gasteiger partial charge in [0.2, 0.25) is 5.91 Å². The van der Waals surface area contributed by atoms with Crippen molar-refractivity contribution >= 4 is 41.1 Å². The van der Waals surface area contributed by atoms with Gasteiger partial charge in [-0.1, -0.05) is 36.8 Å². The number of aromatic nitrogens is 1. The number of carboxylic acid groups (broad SMARTS) is 1. The molecule has 0 unspecified atom stereocenters. The molecule has 1 saturated carbocycles. The fourth-order valence-electron chi connectivity index (χ4n) is 3.31. The Morgan fingerprint density at radius 3 is 2.63 bits per heavy atom. The SMILES string of the molecule is O=C(Cc1ccc(C(=O)O)cc1)Nc1cccc(/C=C/c2nc(C3CCC3)cs2)c1. The Bertz CT molecular complexity index is 1080. The fraction of sp³-hybridized carbons (Fsp3) is 0.208. The predicted molar refractivity (Wildman–Crippen MR) is 120 cm³/mol. The van der Waals surface area contributed by atoms with Crippen molar-refractivity contribution in [2.75, 3.05) is 5.32 Å². The summed E-state index contributed by atoms with van der Waals surface area (Å²) < 4.78 is 0. The van der Waals surface area contributed by atoms with Crippen LogP contribution in [-0.2, 0) is 11.2 Å². The van der Waals surface area contributed by atoms with Gasteiger partial charge in [0, 0.05) is 17.0 Å². The fourth-order valence-corrected chi connectivity index (χ4v) is 4.10. The Balaban J connectivity index is 1.36. The molecule has 0 spiro atoms. The molecule has 0 aliphatic heterocycles. The normalized spacial score (nSPS) is 13.9. The maximum atomic E-state index is 12.3. The van der Waals surface area contributed by atoms with Crippen LogP contribution in [0.2, 0.25) is 0 Å². The maximum Gasteiger partial charge on any atom is 0.335 e. The molecule has 4 rings (SSSR count). The van der Waals surface area contributed by atoms with Crippen molar-refractivity contribution in [2.24, 2.45) is 0 Å². The van der Waals surface area contributed by atoms with Crippen molar-refractivity contribution in [3.05, 3.63) is 81.3 Å². The van der Waals surface area contributed by atoms with E-state index in [1.54, 1.807) is 23.5 Å². The average molecular weight is 419 g/mol. The molecule has 5 nitrogen and oxygen atoms in total. The molecule has 1 fully saturated rings. The molecule has 0 atom stereocenters. The van der Waals surface area contributed by atoms with Crippen LogP contribution >= 0.6 is 11.3 Å². The zero-order valence-corrected chi connectivity index (χ0v) is 17.2. The molecular formula is C24H22N2O3S. The third-order valence-electron chi connectivity index (χ3n) is 5.22. The van der Waals surface area contributed by atoms with Crippen LogP contribution in [0.1, 0.15) is 57.4 Å². The van der Waals surface area contributed by atoms with E-state index < -0.39 is 5.97 Å². The molecule has 1 aliphatic rings. The number of carbonyl (C=O) groups is 2. The largest absolute Gasteiger partial charge is 0.478 e. The number of carboxylic acids is 1. The molecule has 2 aromatic carbocycles. The zero-order valence-electron chi connectivity index (χ0n) is 16.4. The van der Waals surface area contributed by atoms with Crippen molar-refractivity contribution in [2.45, 2.75) is 31.6 Å². The highest BCUT2D eigenvalue weighted by Gasteiger charge is 2.21. The maximum absolute atomic E-state index is 12.3. The molecule has 30 heavy (non-hydrogen) atoms. The van der Waals surface area contributed by atoms with Crippen LogP contribution < -0.4 is 5.32 Å². The second-order valence-corrected chi connectivity index (χ2v) is 8.31. The third-order valence-corrected chi connectivity index (χ3v) is 6.05. The lowest BCUT2D eigenvalue weighted by atomic mass is 9.83. The molecule has 2 N–H and O–H groups in total. The van der Waals surface area contributed by atoms with Crippen LogP contribution in [0.25, 0.3) is 12.2 Å². The van der Waals surface area contributed by atoms with Crippen LogP contribution in [0.5, 0.6) is 0 Å². The lowest BCUT2D eigenvalue weighted by Gasteiger charge is -2.22. The van der Waals surface area contributed by atoms with Crippen LogP contribution in [0.15, 0.2) is 53.9 Å². The van der Waals surface area contributed by atoms with Crippen molar-refractivity contribution in [1.82, 2.24) is 4.98 Å². The Hall–Kier alpha value is -3.25. The quantitative estimate of drug-likeness (QED) is 0.534. The van der Waals surface area contributed by atoms with Crippen LogP contribution in [0.3, 0.4) is 0 Å². The predicted octanol–water partition coefficient (Wildman–Crippen LogP) is 5.46. The topological polar surface area (TPSA) is 79.3 Å². The molecular weight excluding hydrogens is 396 g/mol. The van der Waals surface area contributed by atoms with Gasteiger partial charge in [0.15, 0.2) is 0 Å². The molecule has 152 valence electrons. The minimum Gasteiger partial charge on any atom is -0.478 e. The molecule has 1 aliphatic carbocycles. The van der Waals surface area contributed by atoms with Gasteiger partial charge < -0.3 is 10.4 Å². The van der Waals surface area contributed by atoms with E-state index in [1.165, 1.54) is 37.1 Å². The van der Waals surface area contributed by atoms with Gasteiger partial charge >= 0.3 is 5.97 Å². The summed E-state index contributed by atoms with van der Waals surface area (Å²) in [5.74, 6) is -0.487. The Morgan fingerprint density at radius 2 is 1.93 bits per heavy atom. The number of carbonyl (C=O) groups excluding carboxylic acids is 1. The number of anilines is 1. The second-order valence-electron chi connectivity index (χ2n) is 7.42. The number of thiazole rings is 1. The first-order valence-corrected chi connectivity index (χ1v) is 10.8. The summed E-state index contributed by atoms with van der Waals surface area (Å²) in [7, 11) is 0. The highest BCUT2D eigenvalue weighted by Crippen LogP contribution is 2.36. The minimum absolute atomic E-state index is 0.149. The van der Waals surface area contributed by atoms with Gasteiger partial charge in [-0.25, -0.2) is 9.78 Å². The van der Waals surface area contributed by atoms with Crippen molar-refractivity contribution < 1.29 is 14.7 Å². The molecule has 1 heterocycles. The third kappa shape index (κ3) is 5.02. The van der Waals surface area contributed by atoms with Gasteiger partial charge in [-0.3, -0.25) is 4.79 Å². The molecule has 0 bridgehead atoms. The number of amides is 1. The molecule has 6 heteroatoms. The summed E-state index contributed by atoms with van der Waals surface area (Å²) >= 11 is 1.66. The van der Waals surface area contributed by atoms with Gasteiger partial charge in [-0.15, -0.1) is 11.3 Å². The van der Waals surface area contributed by atoms with E-state index in [0.717, 1.165) is 21.8 Å². The van der Waals surface area contributed by atoms with Crippen LogP contribution in [0, 0.1) is 0 Å². The van der Waals surface area contributed by atoms with E-state index in [9.17, 15) is 9.59 Å². The molecule has 1 aromatic heterocycles. The van der Waals surface area contributed by atoms with E-state index >= 15 is 0 Å². The van der Waals surface area contributed by atoms with E-state index in [4.69, 9.17) is 10.1 Å². The van der Waals surface area contributed by atoms with Gasteiger partial charge in [0.05, 0.1) is 17.7 Å². The summed E-state index contributed by atoms with van der Waals surface area (Å²) in [5.41, 5.74) is 3.89. The molecule has 3 aromatic rings.